The molecule has 1 aromatic heterocycles. The Hall–Kier alpha value is -0.180. The Kier molecular flexibility index (Phi) is 8.99. The van der Waals surface area contributed by atoms with E-state index in [1.54, 1.807) is 13.2 Å². The molecule has 0 amide bonds. The molecule has 0 saturated carbocycles. The highest BCUT2D eigenvalue weighted by Gasteiger charge is 2.21. The minimum atomic E-state index is -3.40. The first-order chi connectivity index (χ1) is 9.27. The number of nitrogens with one attached hydrogen (secondary N) is 2. The Balaban J connectivity index is 0.00000400. The maximum atomic E-state index is 12.1. The lowest BCUT2D eigenvalue weighted by Crippen LogP contribution is -2.32. The van der Waals surface area contributed by atoms with Crippen molar-refractivity contribution in [2.45, 2.75) is 30.4 Å². The van der Waals surface area contributed by atoms with Gasteiger partial charge in [0.15, 0.2) is 0 Å². The molecule has 0 aliphatic carbocycles. The molecule has 0 aromatic carbocycles. The highest BCUT2D eigenvalue weighted by molar-refractivity contribution is 7.91. The van der Waals surface area contributed by atoms with Crippen LogP contribution in [0.15, 0.2) is 16.3 Å². The number of sulfonamides is 1. The maximum Gasteiger partial charge on any atom is 0.250 e. The molecule has 124 valence electrons. The van der Waals surface area contributed by atoms with Gasteiger partial charge in [0.1, 0.15) is 4.21 Å². The first-order valence-corrected chi connectivity index (χ1v) is 8.87. The molecule has 0 radical (unpaired) electrons. The average Bonchev–Trinajstić information content (AvgIpc) is 2.83. The topological polar surface area (TPSA) is 67.4 Å². The van der Waals surface area contributed by atoms with E-state index >= 15 is 0 Å². The predicted molar refractivity (Wildman–Crippen MR) is 90.2 cm³/mol. The molecule has 1 rings (SSSR count). The minimum absolute atomic E-state index is 0. The Morgan fingerprint density at radius 2 is 1.86 bits per heavy atom. The first kappa shape index (κ1) is 20.8. The lowest BCUT2D eigenvalue weighted by Gasteiger charge is -2.15. The lowest BCUT2D eigenvalue weighted by atomic mass is 9.95. The third kappa shape index (κ3) is 7.08. The summed E-state index contributed by atoms with van der Waals surface area (Å²) in [6.45, 7) is 8.50. The molecule has 0 atom stereocenters. The highest BCUT2D eigenvalue weighted by atomic mass is 35.5. The van der Waals surface area contributed by atoms with Crippen LogP contribution >= 0.6 is 23.7 Å². The molecular formula is C13H25ClN2O3S2. The van der Waals surface area contributed by atoms with Gasteiger partial charge in [-0.05, 0) is 17.5 Å². The third-order valence-electron chi connectivity index (χ3n) is 2.66. The molecule has 8 heteroatoms. The van der Waals surface area contributed by atoms with Crippen LogP contribution in [-0.2, 0) is 20.2 Å². The van der Waals surface area contributed by atoms with Crippen molar-refractivity contribution < 1.29 is 13.2 Å². The number of hydrogen-bond donors (Lipinski definition) is 2. The van der Waals surface area contributed by atoms with Crippen molar-refractivity contribution >= 4 is 33.8 Å². The van der Waals surface area contributed by atoms with Gasteiger partial charge in [0, 0.05) is 31.6 Å². The Morgan fingerprint density at radius 1 is 1.19 bits per heavy atom. The van der Waals surface area contributed by atoms with Gasteiger partial charge in [0.05, 0.1) is 6.61 Å². The fraction of sp³-hybridized carbons (Fsp3) is 0.692. The normalized spacial score (nSPS) is 12.2. The molecule has 2 N–H and O–H groups in total. The molecule has 0 saturated heterocycles. The van der Waals surface area contributed by atoms with Crippen molar-refractivity contribution in [1.29, 1.82) is 0 Å². The number of hydrogen-bond acceptors (Lipinski definition) is 5. The fourth-order valence-corrected chi connectivity index (χ4v) is 3.95. The molecule has 0 unspecified atom stereocenters. The first-order valence-electron chi connectivity index (χ1n) is 6.57. The van der Waals surface area contributed by atoms with Crippen molar-refractivity contribution in [3.63, 3.8) is 0 Å². The van der Waals surface area contributed by atoms with Crippen LogP contribution < -0.4 is 10.0 Å². The van der Waals surface area contributed by atoms with E-state index in [4.69, 9.17) is 4.74 Å². The fourth-order valence-electron chi connectivity index (χ4n) is 1.51. The van der Waals surface area contributed by atoms with Crippen molar-refractivity contribution in [1.82, 2.24) is 10.0 Å². The summed E-state index contributed by atoms with van der Waals surface area (Å²) in [6, 6.07) is 3.56. The summed E-state index contributed by atoms with van der Waals surface area (Å²) in [6.07, 6.45) is 0. The smallest absolute Gasteiger partial charge is 0.250 e. The maximum absolute atomic E-state index is 12.1. The van der Waals surface area contributed by atoms with Crippen molar-refractivity contribution in [3.8, 4) is 0 Å². The summed E-state index contributed by atoms with van der Waals surface area (Å²) < 4.78 is 32.1. The van der Waals surface area contributed by atoms with E-state index in [9.17, 15) is 8.42 Å². The quantitative estimate of drug-likeness (QED) is 0.699. The average molecular weight is 357 g/mol. The van der Waals surface area contributed by atoms with Crippen LogP contribution in [0.4, 0.5) is 0 Å². The van der Waals surface area contributed by atoms with Crippen molar-refractivity contribution in [3.05, 3.63) is 17.0 Å². The van der Waals surface area contributed by atoms with Crippen LogP contribution in [0, 0.1) is 0 Å². The van der Waals surface area contributed by atoms with Gasteiger partial charge in [-0.15, -0.1) is 23.7 Å². The summed E-state index contributed by atoms with van der Waals surface area (Å²) >= 11 is 1.33. The highest BCUT2D eigenvalue weighted by Crippen LogP contribution is 2.31. The van der Waals surface area contributed by atoms with Crippen LogP contribution in [0.1, 0.15) is 25.6 Å². The van der Waals surface area contributed by atoms with E-state index in [-0.39, 0.29) is 17.8 Å². The van der Waals surface area contributed by atoms with Gasteiger partial charge in [-0.3, -0.25) is 0 Å². The van der Waals surface area contributed by atoms with Crippen LogP contribution in [0.2, 0.25) is 0 Å². The number of rotatable bonds is 8. The largest absolute Gasteiger partial charge is 0.383 e. The van der Waals surface area contributed by atoms with E-state index in [0.717, 1.165) is 4.88 Å². The monoisotopic (exact) mass is 356 g/mol. The van der Waals surface area contributed by atoms with Gasteiger partial charge >= 0.3 is 0 Å². The summed E-state index contributed by atoms with van der Waals surface area (Å²) in [4.78, 5) is 1.07. The molecule has 0 fully saturated rings. The van der Waals surface area contributed by atoms with Crippen LogP contribution in [0.5, 0.6) is 0 Å². The van der Waals surface area contributed by atoms with Crippen LogP contribution in [0.3, 0.4) is 0 Å². The second-order valence-corrected chi connectivity index (χ2v) is 8.59. The summed E-state index contributed by atoms with van der Waals surface area (Å²) in [5.74, 6) is 0. The standard InChI is InChI=1S/C13H24N2O3S2.ClH/c1-13(2,3)11-5-6-12(19-11)20(16,17)15-8-7-14-9-10-18-4;/h5-6,14-15H,7-10H2,1-4H3;1H. The van der Waals surface area contributed by atoms with E-state index in [1.807, 2.05) is 6.07 Å². The second kappa shape index (κ2) is 9.07. The van der Waals surface area contributed by atoms with Crippen molar-refractivity contribution in [2.75, 3.05) is 33.4 Å². The van der Waals surface area contributed by atoms with E-state index in [0.29, 0.717) is 30.5 Å². The number of ether oxygens (including phenoxy) is 1. The molecule has 0 bridgehead atoms. The molecule has 0 aliphatic heterocycles. The molecule has 1 heterocycles. The third-order valence-corrected chi connectivity index (χ3v) is 6.13. The summed E-state index contributed by atoms with van der Waals surface area (Å²) in [5.41, 5.74) is -0.0276. The molecular weight excluding hydrogens is 332 g/mol. The van der Waals surface area contributed by atoms with Crippen LogP contribution in [-0.4, -0.2) is 41.8 Å². The summed E-state index contributed by atoms with van der Waals surface area (Å²) in [7, 11) is -1.76. The lowest BCUT2D eigenvalue weighted by molar-refractivity contribution is 0.199. The van der Waals surface area contributed by atoms with Gasteiger partial charge in [0.25, 0.3) is 0 Å². The molecule has 0 aliphatic rings. The van der Waals surface area contributed by atoms with Gasteiger partial charge in [-0.1, -0.05) is 20.8 Å². The molecule has 5 nitrogen and oxygen atoms in total. The van der Waals surface area contributed by atoms with E-state index in [1.165, 1.54) is 11.3 Å². The SMILES string of the molecule is COCCNCCNS(=O)(=O)c1ccc(C(C)(C)C)s1.Cl. The van der Waals surface area contributed by atoms with Crippen LogP contribution in [0.25, 0.3) is 0 Å². The van der Waals surface area contributed by atoms with Gasteiger partial charge in [-0.2, -0.15) is 0 Å². The zero-order valence-electron chi connectivity index (χ0n) is 12.9. The van der Waals surface area contributed by atoms with E-state index < -0.39 is 10.0 Å². The zero-order chi connectivity index (χ0) is 15.2. The number of thiophene rings is 1. The molecule has 0 spiro atoms. The summed E-state index contributed by atoms with van der Waals surface area (Å²) in [5, 5.41) is 3.09. The Morgan fingerprint density at radius 3 is 2.38 bits per heavy atom. The van der Waals surface area contributed by atoms with Crippen molar-refractivity contribution in [2.24, 2.45) is 0 Å². The number of methoxy groups -OCH3 is 1. The Labute approximate surface area is 137 Å². The molecule has 21 heavy (non-hydrogen) atoms. The predicted octanol–water partition coefficient (Wildman–Crippen LogP) is 1.98. The van der Waals surface area contributed by atoms with Gasteiger partial charge in [0.2, 0.25) is 10.0 Å². The van der Waals surface area contributed by atoms with E-state index in [2.05, 4.69) is 30.8 Å². The zero-order valence-corrected chi connectivity index (χ0v) is 15.4. The molecule has 1 aromatic rings. The second-order valence-electron chi connectivity index (χ2n) is 5.51. The number of halogens is 1. The van der Waals surface area contributed by atoms with Gasteiger partial charge < -0.3 is 10.1 Å². The Bertz CT molecular complexity index is 510. The minimum Gasteiger partial charge on any atom is -0.383 e. The van der Waals surface area contributed by atoms with Gasteiger partial charge in [-0.25, -0.2) is 13.1 Å².